The van der Waals surface area contributed by atoms with Gasteiger partial charge in [-0.1, -0.05) is 12.1 Å². The fourth-order valence-corrected chi connectivity index (χ4v) is 3.13. The Morgan fingerprint density at radius 3 is 2.62 bits per heavy atom. The smallest absolute Gasteiger partial charge is 0.233 e. The predicted octanol–water partition coefficient (Wildman–Crippen LogP) is 1.47. The van der Waals surface area contributed by atoms with Crippen LogP contribution in [0.4, 0.5) is 4.39 Å². The molecule has 2 atom stereocenters. The van der Waals surface area contributed by atoms with E-state index in [1.807, 2.05) is 6.92 Å². The third-order valence-corrected chi connectivity index (χ3v) is 4.37. The number of benzene rings is 1. The first-order valence-corrected chi connectivity index (χ1v) is 7.37. The first-order chi connectivity index (χ1) is 10.0. The van der Waals surface area contributed by atoms with Gasteiger partial charge >= 0.3 is 0 Å². The SMILES string of the molecule is CC1CN(C(=O)C2(c3ccc(F)cc3)CC2)CC(CO)O1. The molecule has 1 saturated heterocycles. The highest BCUT2D eigenvalue weighted by Gasteiger charge is 2.53. The molecule has 0 radical (unpaired) electrons. The average molecular weight is 293 g/mol. The van der Waals surface area contributed by atoms with Gasteiger partial charge in [0.15, 0.2) is 0 Å². The molecular formula is C16H20FNO3. The molecule has 114 valence electrons. The summed E-state index contributed by atoms with van der Waals surface area (Å²) in [6.07, 6.45) is 1.20. The molecule has 1 N–H and O–H groups in total. The highest BCUT2D eigenvalue weighted by molar-refractivity contribution is 5.91. The second-order valence-corrected chi connectivity index (χ2v) is 6.05. The molecule has 0 bridgehead atoms. The van der Waals surface area contributed by atoms with Gasteiger partial charge in [0.1, 0.15) is 5.82 Å². The van der Waals surface area contributed by atoms with E-state index in [1.54, 1.807) is 17.0 Å². The minimum atomic E-state index is -0.495. The number of nitrogens with zero attached hydrogens (tertiary/aromatic N) is 1. The van der Waals surface area contributed by atoms with Crippen LogP contribution in [-0.4, -0.2) is 47.8 Å². The Morgan fingerprint density at radius 1 is 1.38 bits per heavy atom. The number of hydrogen-bond acceptors (Lipinski definition) is 3. The van der Waals surface area contributed by atoms with Gasteiger partial charge in [-0.15, -0.1) is 0 Å². The minimum absolute atomic E-state index is 0.0720. The van der Waals surface area contributed by atoms with E-state index in [1.165, 1.54) is 12.1 Å². The van der Waals surface area contributed by atoms with Gasteiger partial charge in [0, 0.05) is 13.1 Å². The molecule has 21 heavy (non-hydrogen) atoms. The summed E-state index contributed by atoms with van der Waals surface area (Å²) in [6.45, 7) is 2.78. The van der Waals surface area contributed by atoms with Crippen LogP contribution in [0.5, 0.6) is 0 Å². The lowest BCUT2D eigenvalue weighted by atomic mass is 9.93. The molecule has 1 aromatic carbocycles. The summed E-state index contributed by atoms with van der Waals surface area (Å²) in [5.74, 6) is -0.218. The van der Waals surface area contributed by atoms with E-state index in [-0.39, 0.29) is 30.5 Å². The van der Waals surface area contributed by atoms with Crippen molar-refractivity contribution in [3.8, 4) is 0 Å². The zero-order valence-electron chi connectivity index (χ0n) is 12.1. The number of hydrogen-bond donors (Lipinski definition) is 1. The lowest BCUT2D eigenvalue weighted by Gasteiger charge is -2.38. The molecule has 1 aliphatic heterocycles. The van der Waals surface area contributed by atoms with Crippen molar-refractivity contribution in [1.29, 1.82) is 0 Å². The van der Waals surface area contributed by atoms with Gasteiger partial charge in [-0.2, -0.15) is 0 Å². The van der Waals surface area contributed by atoms with Crippen LogP contribution >= 0.6 is 0 Å². The van der Waals surface area contributed by atoms with E-state index in [0.717, 1.165) is 18.4 Å². The lowest BCUT2D eigenvalue weighted by Crippen LogP contribution is -2.53. The van der Waals surface area contributed by atoms with Crippen molar-refractivity contribution in [2.24, 2.45) is 0 Å². The molecule has 5 heteroatoms. The minimum Gasteiger partial charge on any atom is -0.394 e. The number of halogens is 1. The van der Waals surface area contributed by atoms with Crippen molar-refractivity contribution in [2.75, 3.05) is 19.7 Å². The molecule has 2 aliphatic rings. The summed E-state index contributed by atoms with van der Waals surface area (Å²) < 4.78 is 18.6. The molecule has 1 aromatic rings. The first kappa shape index (κ1) is 14.5. The highest BCUT2D eigenvalue weighted by atomic mass is 19.1. The monoisotopic (exact) mass is 293 g/mol. The normalized spacial score (nSPS) is 27.5. The Kier molecular flexibility index (Phi) is 3.71. The summed E-state index contributed by atoms with van der Waals surface area (Å²) in [6, 6.07) is 6.21. The fraction of sp³-hybridized carbons (Fsp3) is 0.562. The summed E-state index contributed by atoms with van der Waals surface area (Å²) >= 11 is 0. The summed E-state index contributed by atoms with van der Waals surface area (Å²) in [5, 5.41) is 9.27. The molecule has 2 unspecified atom stereocenters. The third kappa shape index (κ3) is 2.68. The van der Waals surface area contributed by atoms with Crippen molar-refractivity contribution in [1.82, 2.24) is 4.90 Å². The number of ether oxygens (including phenoxy) is 1. The zero-order valence-corrected chi connectivity index (χ0v) is 12.1. The lowest BCUT2D eigenvalue weighted by molar-refractivity contribution is -0.149. The molecule has 1 aliphatic carbocycles. The van der Waals surface area contributed by atoms with Crippen molar-refractivity contribution in [3.05, 3.63) is 35.6 Å². The number of carbonyl (C=O) groups excluding carboxylic acids is 1. The van der Waals surface area contributed by atoms with Crippen LogP contribution in [0.15, 0.2) is 24.3 Å². The van der Waals surface area contributed by atoms with Crippen LogP contribution < -0.4 is 0 Å². The topological polar surface area (TPSA) is 49.8 Å². The van der Waals surface area contributed by atoms with Crippen molar-refractivity contribution in [3.63, 3.8) is 0 Å². The highest BCUT2D eigenvalue weighted by Crippen LogP contribution is 2.49. The van der Waals surface area contributed by atoms with E-state index >= 15 is 0 Å². The second-order valence-electron chi connectivity index (χ2n) is 6.05. The number of aliphatic hydroxyl groups excluding tert-OH is 1. The molecule has 1 heterocycles. The van der Waals surface area contributed by atoms with Crippen LogP contribution in [0.25, 0.3) is 0 Å². The van der Waals surface area contributed by atoms with Gasteiger partial charge in [-0.25, -0.2) is 4.39 Å². The zero-order chi connectivity index (χ0) is 15.0. The van der Waals surface area contributed by atoms with Crippen LogP contribution in [-0.2, 0) is 14.9 Å². The summed E-state index contributed by atoms with van der Waals surface area (Å²) in [5.41, 5.74) is 0.388. The second kappa shape index (κ2) is 5.39. The van der Waals surface area contributed by atoms with Crippen molar-refractivity contribution in [2.45, 2.75) is 37.4 Å². The number of aliphatic hydroxyl groups is 1. The molecule has 4 nitrogen and oxygen atoms in total. The average Bonchev–Trinajstić information content (AvgIpc) is 3.28. The maximum atomic E-state index is 13.1. The van der Waals surface area contributed by atoms with E-state index in [4.69, 9.17) is 4.74 Å². The quantitative estimate of drug-likeness (QED) is 0.918. The maximum Gasteiger partial charge on any atom is 0.233 e. The molecule has 0 aromatic heterocycles. The Hall–Kier alpha value is -1.46. The predicted molar refractivity (Wildman–Crippen MR) is 75.3 cm³/mol. The van der Waals surface area contributed by atoms with Crippen LogP contribution in [0.1, 0.15) is 25.3 Å². The summed E-state index contributed by atoms with van der Waals surface area (Å²) in [4.78, 5) is 14.7. The third-order valence-electron chi connectivity index (χ3n) is 4.37. The Morgan fingerprint density at radius 2 is 2.05 bits per heavy atom. The first-order valence-electron chi connectivity index (χ1n) is 7.37. The Bertz CT molecular complexity index is 527. The number of rotatable bonds is 3. The fourth-order valence-electron chi connectivity index (χ4n) is 3.13. The van der Waals surface area contributed by atoms with E-state index in [2.05, 4.69) is 0 Å². The largest absolute Gasteiger partial charge is 0.394 e. The van der Waals surface area contributed by atoms with Gasteiger partial charge in [0.2, 0.25) is 5.91 Å². The maximum absolute atomic E-state index is 13.1. The Balaban J connectivity index is 1.79. The standard InChI is InChI=1S/C16H20FNO3/c1-11-8-18(9-14(10-19)21-11)15(20)16(6-7-16)12-2-4-13(17)5-3-12/h2-5,11,14,19H,6-10H2,1H3. The molecular weight excluding hydrogens is 273 g/mol. The van der Waals surface area contributed by atoms with Crippen LogP contribution in [0, 0.1) is 5.82 Å². The van der Waals surface area contributed by atoms with E-state index < -0.39 is 5.41 Å². The van der Waals surface area contributed by atoms with Crippen LogP contribution in [0.2, 0.25) is 0 Å². The summed E-state index contributed by atoms with van der Waals surface area (Å²) in [7, 11) is 0. The molecule has 3 rings (SSSR count). The molecule has 1 amide bonds. The molecule has 2 fully saturated rings. The van der Waals surface area contributed by atoms with Gasteiger partial charge in [0.05, 0.1) is 24.2 Å². The van der Waals surface area contributed by atoms with Crippen molar-refractivity contribution >= 4 is 5.91 Å². The van der Waals surface area contributed by atoms with E-state index in [9.17, 15) is 14.3 Å². The van der Waals surface area contributed by atoms with E-state index in [0.29, 0.717) is 13.1 Å². The van der Waals surface area contributed by atoms with Crippen LogP contribution in [0.3, 0.4) is 0 Å². The van der Waals surface area contributed by atoms with Gasteiger partial charge < -0.3 is 14.7 Å². The number of carbonyl (C=O) groups is 1. The van der Waals surface area contributed by atoms with Crippen molar-refractivity contribution < 1.29 is 19.0 Å². The number of morpholine rings is 1. The Labute approximate surface area is 123 Å². The molecule has 0 spiro atoms. The van der Waals surface area contributed by atoms with Gasteiger partial charge in [0.25, 0.3) is 0 Å². The van der Waals surface area contributed by atoms with Gasteiger partial charge in [-0.05, 0) is 37.5 Å². The molecule has 1 saturated carbocycles. The van der Waals surface area contributed by atoms with Gasteiger partial charge in [-0.3, -0.25) is 4.79 Å². The number of amides is 1.